The first kappa shape index (κ1) is 14.0. The van der Waals surface area contributed by atoms with Gasteiger partial charge in [-0.05, 0) is 6.07 Å². The summed E-state index contributed by atoms with van der Waals surface area (Å²) >= 11 is 0. The number of halogens is 1. The fraction of sp³-hybridized carbons (Fsp3) is 0.400. The molecule has 3 N–H and O–H groups in total. The molecular weight excluding hydrogens is 271 g/mol. The van der Waals surface area contributed by atoms with Crippen LogP contribution in [0.4, 0.5) is 10.2 Å². The van der Waals surface area contributed by atoms with Gasteiger partial charge in [-0.15, -0.1) is 0 Å². The van der Waals surface area contributed by atoms with Gasteiger partial charge in [-0.1, -0.05) is 18.2 Å². The molecule has 1 aliphatic heterocycles. The number of anilines is 1. The minimum atomic E-state index is -0.831. The van der Waals surface area contributed by atoms with Gasteiger partial charge in [0.2, 0.25) is 0 Å². The summed E-state index contributed by atoms with van der Waals surface area (Å²) in [5.41, 5.74) is 0.334. The highest BCUT2D eigenvalue weighted by molar-refractivity contribution is 5.35. The minimum absolute atomic E-state index is 0.334. The van der Waals surface area contributed by atoms with Crippen molar-refractivity contribution in [2.45, 2.75) is 12.6 Å². The van der Waals surface area contributed by atoms with Crippen molar-refractivity contribution in [2.75, 3.05) is 25.0 Å². The monoisotopic (exact) mass is 290 g/mol. The van der Waals surface area contributed by atoms with Crippen LogP contribution >= 0.6 is 0 Å². The predicted octanol–water partition coefficient (Wildman–Crippen LogP) is 1.39. The third-order valence-electron chi connectivity index (χ3n) is 3.75. The molecule has 2 aromatic rings. The minimum Gasteiger partial charge on any atom is -0.387 e. The molecule has 2 atom stereocenters. The highest BCUT2D eigenvalue weighted by Gasteiger charge is 2.18. The number of benzene rings is 1. The Morgan fingerprint density at radius 2 is 2.29 bits per heavy atom. The second-order valence-corrected chi connectivity index (χ2v) is 5.34. The van der Waals surface area contributed by atoms with Crippen molar-refractivity contribution in [2.24, 2.45) is 5.92 Å². The van der Waals surface area contributed by atoms with Crippen LogP contribution < -0.4 is 10.6 Å². The first-order chi connectivity index (χ1) is 10.2. The molecule has 0 amide bonds. The number of hydrogen-bond acceptors (Lipinski definition) is 4. The molecule has 1 aliphatic rings. The Kier molecular flexibility index (Phi) is 4.17. The third-order valence-corrected chi connectivity index (χ3v) is 3.75. The normalized spacial score (nSPS) is 18.9. The third kappa shape index (κ3) is 3.22. The summed E-state index contributed by atoms with van der Waals surface area (Å²) in [6, 6.07) is 8.27. The topological polar surface area (TPSA) is 62.1 Å². The van der Waals surface area contributed by atoms with Gasteiger partial charge in [0.15, 0.2) is 0 Å². The summed E-state index contributed by atoms with van der Waals surface area (Å²) in [5.74, 6) is 1.06. The van der Waals surface area contributed by atoms with Crippen molar-refractivity contribution in [3.05, 3.63) is 47.9 Å². The maximum Gasteiger partial charge on any atom is 0.129 e. The first-order valence-electron chi connectivity index (χ1n) is 7.13. The molecule has 0 bridgehead atoms. The summed E-state index contributed by atoms with van der Waals surface area (Å²) in [6.45, 7) is 2.80. The number of aromatic nitrogens is 2. The molecule has 0 saturated heterocycles. The van der Waals surface area contributed by atoms with E-state index in [1.807, 2.05) is 10.7 Å². The molecule has 0 fully saturated rings. The average molecular weight is 290 g/mol. The van der Waals surface area contributed by atoms with Crippen LogP contribution in [0.3, 0.4) is 0 Å². The van der Waals surface area contributed by atoms with Gasteiger partial charge >= 0.3 is 0 Å². The Morgan fingerprint density at radius 1 is 1.43 bits per heavy atom. The molecule has 21 heavy (non-hydrogen) atoms. The Morgan fingerprint density at radius 3 is 3.14 bits per heavy atom. The van der Waals surface area contributed by atoms with Gasteiger partial charge in [0, 0.05) is 43.7 Å². The maximum absolute atomic E-state index is 13.5. The zero-order valence-electron chi connectivity index (χ0n) is 11.7. The summed E-state index contributed by atoms with van der Waals surface area (Å²) in [5, 5.41) is 20.8. The van der Waals surface area contributed by atoms with E-state index in [0.29, 0.717) is 18.0 Å². The van der Waals surface area contributed by atoms with Crippen LogP contribution in [0.5, 0.6) is 0 Å². The molecule has 0 spiro atoms. The second kappa shape index (κ2) is 6.24. The quantitative estimate of drug-likeness (QED) is 0.779. The fourth-order valence-electron chi connectivity index (χ4n) is 2.60. The highest BCUT2D eigenvalue weighted by atomic mass is 19.1. The highest BCUT2D eigenvalue weighted by Crippen LogP contribution is 2.17. The second-order valence-electron chi connectivity index (χ2n) is 5.34. The Bertz CT molecular complexity index is 601. The molecule has 2 heterocycles. The smallest absolute Gasteiger partial charge is 0.129 e. The lowest BCUT2D eigenvalue weighted by atomic mass is 10.1. The van der Waals surface area contributed by atoms with E-state index in [1.54, 1.807) is 24.4 Å². The van der Waals surface area contributed by atoms with Crippen LogP contribution in [0.25, 0.3) is 0 Å². The molecule has 0 unspecified atom stereocenters. The molecule has 5 nitrogen and oxygen atoms in total. The average Bonchev–Trinajstić information content (AvgIpc) is 2.95. The molecule has 1 aromatic carbocycles. The van der Waals surface area contributed by atoms with Crippen molar-refractivity contribution in [1.29, 1.82) is 0 Å². The lowest BCUT2D eigenvalue weighted by Gasteiger charge is -2.25. The SMILES string of the molecule is O[C@H](CNC[C@H]1CNc2ccnn2C1)c1ccccc1F. The number of nitrogens with zero attached hydrogens (tertiary/aromatic N) is 2. The molecule has 0 aliphatic carbocycles. The van der Waals surface area contributed by atoms with E-state index in [1.165, 1.54) is 6.07 Å². The number of aliphatic hydroxyl groups is 1. The summed E-state index contributed by atoms with van der Waals surface area (Å²) in [6.07, 6.45) is 0.947. The van der Waals surface area contributed by atoms with Crippen LogP contribution in [0.2, 0.25) is 0 Å². The number of aliphatic hydroxyl groups excluding tert-OH is 1. The molecule has 1 aromatic heterocycles. The Labute approximate surface area is 122 Å². The van der Waals surface area contributed by atoms with E-state index in [0.717, 1.165) is 25.5 Å². The number of hydrogen-bond donors (Lipinski definition) is 3. The molecule has 6 heteroatoms. The molecule has 0 saturated carbocycles. The van der Waals surface area contributed by atoms with E-state index in [2.05, 4.69) is 15.7 Å². The van der Waals surface area contributed by atoms with Gasteiger partial charge in [-0.2, -0.15) is 5.10 Å². The van der Waals surface area contributed by atoms with Gasteiger partial charge in [0.25, 0.3) is 0 Å². The van der Waals surface area contributed by atoms with E-state index in [-0.39, 0.29) is 5.82 Å². The zero-order valence-corrected chi connectivity index (χ0v) is 11.7. The molecule has 112 valence electrons. The lowest BCUT2D eigenvalue weighted by Crippen LogP contribution is -2.36. The largest absolute Gasteiger partial charge is 0.387 e. The molecule has 3 rings (SSSR count). The van der Waals surface area contributed by atoms with Crippen molar-refractivity contribution < 1.29 is 9.50 Å². The number of fused-ring (bicyclic) bond motifs is 1. The van der Waals surface area contributed by atoms with Crippen molar-refractivity contribution in [3.63, 3.8) is 0 Å². The number of rotatable bonds is 5. The van der Waals surface area contributed by atoms with Crippen LogP contribution in [-0.4, -0.2) is 34.5 Å². The summed E-state index contributed by atoms with van der Waals surface area (Å²) in [7, 11) is 0. The van der Waals surface area contributed by atoms with Gasteiger partial charge in [-0.3, -0.25) is 0 Å². The van der Waals surface area contributed by atoms with E-state index in [4.69, 9.17) is 0 Å². The number of nitrogens with one attached hydrogen (secondary N) is 2. The maximum atomic E-state index is 13.5. The van der Waals surface area contributed by atoms with Gasteiger partial charge in [0.05, 0.1) is 12.3 Å². The Balaban J connectivity index is 1.48. The van der Waals surface area contributed by atoms with Crippen molar-refractivity contribution in [3.8, 4) is 0 Å². The van der Waals surface area contributed by atoms with Crippen molar-refractivity contribution >= 4 is 5.82 Å². The van der Waals surface area contributed by atoms with E-state index < -0.39 is 6.10 Å². The van der Waals surface area contributed by atoms with Crippen LogP contribution in [0.15, 0.2) is 36.5 Å². The van der Waals surface area contributed by atoms with E-state index >= 15 is 0 Å². The van der Waals surface area contributed by atoms with Crippen LogP contribution in [-0.2, 0) is 6.54 Å². The van der Waals surface area contributed by atoms with Crippen LogP contribution in [0, 0.1) is 11.7 Å². The van der Waals surface area contributed by atoms with Gasteiger partial charge in [-0.25, -0.2) is 9.07 Å². The van der Waals surface area contributed by atoms with Crippen LogP contribution in [0.1, 0.15) is 11.7 Å². The summed E-state index contributed by atoms with van der Waals surface area (Å²) in [4.78, 5) is 0. The molecular formula is C15H19FN4O. The Hall–Kier alpha value is -1.92. The fourth-order valence-corrected chi connectivity index (χ4v) is 2.60. The standard InChI is InChI=1S/C15H19FN4O/c16-13-4-2-1-3-12(13)14(21)9-17-7-11-8-18-15-5-6-19-20(15)10-11/h1-6,11,14,17-18,21H,7-10H2/t11-,14+/m0/s1. The van der Waals surface area contributed by atoms with Gasteiger partial charge < -0.3 is 15.7 Å². The zero-order chi connectivity index (χ0) is 14.7. The summed E-state index contributed by atoms with van der Waals surface area (Å²) < 4.78 is 15.5. The van der Waals surface area contributed by atoms with Gasteiger partial charge in [0.1, 0.15) is 11.6 Å². The molecule has 0 radical (unpaired) electrons. The predicted molar refractivity (Wildman–Crippen MR) is 78.4 cm³/mol. The lowest BCUT2D eigenvalue weighted by molar-refractivity contribution is 0.167. The van der Waals surface area contributed by atoms with E-state index in [9.17, 15) is 9.50 Å². The van der Waals surface area contributed by atoms with Crippen molar-refractivity contribution in [1.82, 2.24) is 15.1 Å². The first-order valence-corrected chi connectivity index (χ1v) is 7.13.